The van der Waals surface area contributed by atoms with E-state index in [4.69, 9.17) is 14.7 Å². The molecule has 4 aromatic carbocycles. The molecule has 0 bridgehead atoms. The molecule has 228 valence electrons. The van der Waals surface area contributed by atoms with Crippen molar-refractivity contribution >= 4 is 32.7 Å². The molecular weight excluding hydrogens is 738 g/mol. The summed E-state index contributed by atoms with van der Waals surface area (Å²) in [6.07, 6.45) is 1.87. The van der Waals surface area contributed by atoms with E-state index in [0.717, 1.165) is 44.1 Å². The average molecular weight is 772 g/mol. The number of aromatic hydroxyl groups is 1. The first-order valence-corrected chi connectivity index (χ1v) is 14.9. The van der Waals surface area contributed by atoms with Gasteiger partial charge in [0.15, 0.2) is 0 Å². The Morgan fingerprint density at radius 2 is 1.53 bits per heavy atom. The number of rotatable bonds is 4. The molecule has 7 rings (SSSR count). The molecule has 3 aromatic heterocycles. The number of benzene rings is 4. The standard InChI is InChI=1S/C39H34N3O2.Pt/c1-23-19-24(2)37(25(3)20-23)30-13-15-34(43)38-31(30)14-16-36(41-38)44-27-11-12-29-28-9-7-8-10-32(28)42(33(29)22-27)35-21-26(17-18-40-35)39(4,5)6;/h7-21,43H,1-6H3;/q-1;. The Morgan fingerprint density at radius 3 is 2.29 bits per heavy atom. The first-order chi connectivity index (χ1) is 21.1. The van der Waals surface area contributed by atoms with Crippen molar-refractivity contribution in [3.8, 4) is 34.3 Å². The van der Waals surface area contributed by atoms with E-state index in [1.165, 1.54) is 22.3 Å². The summed E-state index contributed by atoms with van der Waals surface area (Å²) in [6.45, 7) is 13.0. The number of aromatic nitrogens is 3. The maximum absolute atomic E-state index is 10.8. The third-order valence-electron chi connectivity index (χ3n) is 8.37. The molecule has 0 aliphatic rings. The zero-order chi connectivity index (χ0) is 30.7. The zero-order valence-electron chi connectivity index (χ0n) is 26.2. The number of ether oxygens (including phenoxy) is 1. The predicted octanol–water partition coefficient (Wildman–Crippen LogP) is 9.91. The minimum absolute atomic E-state index is 0. The molecule has 0 atom stereocenters. The largest absolute Gasteiger partial charge is 0.506 e. The van der Waals surface area contributed by atoms with Crippen LogP contribution in [0.1, 0.15) is 43.0 Å². The molecule has 45 heavy (non-hydrogen) atoms. The van der Waals surface area contributed by atoms with Crippen LogP contribution in [-0.4, -0.2) is 19.6 Å². The molecule has 7 aromatic rings. The number of fused-ring (bicyclic) bond motifs is 4. The van der Waals surface area contributed by atoms with E-state index in [9.17, 15) is 5.11 Å². The van der Waals surface area contributed by atoms with Crippen molar-refractivity contribution in [3.63, 3.8) is 0 Å². The van der Waals surface area contributed by atoms with Gasteiger partial charge in [-0.2, -0.15) is 6.07 Å². The van der Waals surface area contributed by atoms with Gasteiger partial charge in [0.2, 0.25) is 5.88 Å². The molecule has 6 heteroatoms. The normalized spacial score (nSPS) is 11.7. The van der Waals surface area contributed by atoms with Gasteiger partial charge in [-0.1, -0.05) is 62.2 Å². The number of aryl methyl sites for hydroxylation is 3. The van der Waals surface area contributed by atoms with Crippen LogP contribution < -0.4 is 4.74 Å². The van der Waals surface area contributed by atoms with Gasteiger partial charge in [-0.25, -0.2) is 9.97 Å². The minimum Gasteiger partial charge on any atom is -0.506 e. The van der Waals surface area contributed by atoms with Crippen LogP contribution in [0.3, 0.4) is 0 Å². The molecule has 0 saturated carbocycles. The van der Waals surface area contributed by atoms with Crippen molar-refractivity contribution in [1.82, 2.24) is 14.5 Å². The smallest absolute Gasteiger partial charge is 0.217 e. The summed E-state index contributed by atoms with van der Waals surface area (Å²) < 4.78 is 8.46. The maximum Gasteiger partial charge on any atom is 0.217 e. The fraction of sp³-hybridized carbons (Fsp3) is 0.179. The SMILES string of the molecule is Cc1cc(C)c(-c2ccc(O)c3nc(Oc4[c-]c5c(cc4)c4ccccc4n5-c4cc(C(C)(C)C)ccn4)ccc23)c(C)c1.[Pt]. The first kappa shape index (κ1) is 30.6. The second-order valence-electron chi connectivity index (χ2n) is 12.6. The van der Waals surface area contributed by atoms with Gasteiger partial charge in [0.05, 0.1) is 0 Å². The molecular formula is C39H34N3O2Pt-. The average Bonchev–Trinajstić information content (AvgIpc) is 3.31. The van der Waals surface area contributed by atoms with Crippen molar-refractivity contribution in [1.29, 1.82) is 0 Å². The number of phenolic OH excluding ortho intramolecular Hbond substituents is 1. The van der Waals surface area contributed by atoms with E-state index in [1.54, 1.807) is 6.07 Å². The van der Waals surface area contributed by atoms with Gasteiger partial charge >= 0.3 is 0 Å². The van der Waals surface area contributed by atoms with Gasteiger partial charge in [-0.15, -0.1) is 17.5 Å². The van der Waals surface area contributed by atoms with Crippen LogP contribution >= 0.6 is 0 Å². The summed E-state index contributed by atoms with van der Waals surface area (Å²) in [4.78, 5) is 9.53. The van der Waals surface area contributed by atoms with Gasteiger partial charge in [-0.3, -0.25) is 0 Å². The Balaban J connectivity index is 0.00000357. The summed E-state index contributed by atoms with van der Waals surface area (Å²) in [7, 11) is 0. The van der Waals surface area contributed by atoms with Gasteiger partial charge in [-0.05, 0) is 95.8 Å². The summed E-state index contributed by atoms with van der Waals surface area (Å²) in [5.41, 5.74) is 9.42. The van der Waals surface area contributed by atoms with Crippen LogP contribution in [-0.2, 0) is 26.5 Å². The molecule has 0 unspecified atom stereocenters. The van der Waals surface area contributed by atoms with Gasteiger partial charge in [0, 0.05) is 50.0 Å². The second kappa shape index (κ2) is 11.5. The Morgan fingerprint density at radius 1 is 0.800 bits per heavy atom. The summed E-state index contributed by atoms with van der Waals surface area (Å²) in [5, 5.41) is 13.9. The van der Waals surface area contributed by atoms with Gasteiger partial charge in [0.1, 0.15) is 17.1 Å². The fourth-order valence-electron chi connectivity index (χ4n) is 6.36. The van der Waals surface area contributed by atoms with Gasteiger partial charge in [0.25, 0.3) is 0 Å². The Labute approximate surface area is 277 Å². The van der Waals surface area contributed by atoms with Crippen molar-refractivity contribution in [2.45, 2.75) is 47.0 Å². The topological polar surface area (TPSA) is 60.2 Å². The van der Waals surface area contributed by atoms with Crippen molar-refractivity contribution in [2.75, 3.05) is 0 Å². The zero-order valence-corrected chi connectivity index (χ0v) is 28.4. The monoisotopic (exact) mass is 771 g/mol. The third-order valence-corrected chi connectivity index (χ3v) is 8.37. The molecule has 0 aliphatic carbocycles. The quantitative estimate of drug-likeness (QED) is 0.181. The van der Waals surface area contributed by atoms with E-state index in [0.29, 0.717) is 17.1 Å². The number of para-hydroxylation sites is 1. The molecule has 0 aliphatic heterocycles. The molecule has 0 saturated heterocycles. The predicted molar refractivity (Wildman–Crippen MR) is 179 cm³/mol. The number of pyridine rings is 2. The van der Waals surface area contributed by atoms with Gasteiger partial charge < -0.3 is 14.4 Å². The summed E-state index contributed by atoms with van der Waals surface area (Å²) in [6, 6.07) is 31.9. The molecule has 3 heterocycles. The van der Waals surface area contributed by atoms with E-state index in [2.05, 4.69) is 101 Å². The fourth-order valence-corrected chi connectivity index (χ4v) is 6.36. The van der Waals surface area contributed by atoms with Crippen LogP contribution in [0.2, 0.25) is 0 Å². The second-order valence-corrected chi connectivity index (χ2v) is 12.6. The first-order valence-electron chi connectivity index (χ1n) is 14.9. The molecule has 0 radical (unpaired) electrons. The minimum atomic E-state index is -0.0154. The summed E-state index contributed by atoms with van der Waals surface area (Å²) >= 11 is 0. The number of hydrogen-bond donors (Lipinski definition) is 1. The van der Waals surface area contributed by atoms with Crippen molar-refractivity contribution in [2.24, 2.45) is 0 Å². The third kappa shape index (κ3) is 5.40. The van der Waals surface area contributed by atoms with Crippen molar-refractivity contribution in [3.05, 3.63) is 119 Å². The number of nitrogens with zero attached hydrogens (tertiary/aromatic N) is 3. The van der Waals surface area contributed by atoms with E-state index >= 15 is 0 Å². The summed E-state index contributed by atoms with van der Waals surface area (Å²) in [5.74, 6) is 1.86. The maximum atomic E-state index is 10.8. The Hall–Kier alpha value is -4.47. The Kier molecular flexibility index (Phi) is 7.79. The van der Waals surface area contributed by atoms with Crippen LogP contribution in [0.5, 0.6) is 17.4 Å². The molecule has 5 nitrogen and oxygen atoms in total. The molecule has 0 spiro atoms. The van der Waals surface area contributed by atoms with Crippen LogP contribution in [0.4, 0.5) is 0 Å². The van der Waals surface area contributed by atoms with Crippen molar-refractivity contribution < 1.29 is 30.9 Å². The number of phenols is 1. The van der Waals surface area contributed by atoms with E-state index in [-0.39, 0.29) is 32.2 Å². The number of hydrogen-bond acceptors (Lipinski definition) is 4. The Bertz CT molecular complexity index is 2220. The molecule has 0 amide bonds. The van der Waals surface area contributed by atoms with E-state index in [1.807, 2.05) is 36.5 Å². The molecule has 0 fully saturated rings. The van der Waals surface area contributed by atoms with Crippen LogP contribution in [0.25, 0.3) is 49.7 Å². The van der Waals surface area contributed by atoms with Crippen LogP contribution in [0.15, 0.2) is 91.1 Å². The van der Waals surface area contributed by atoms with Crippen LogP contribution in [0, 0.1) is 26.8 Å². The molecule has 1 N–H and O–H groups in total. The van der Waals surface area contributed by atoms with E-state index < -0.39 is 0 Å².